The molecular formula is C17H30N2O. The van der Waals surface area contributed by atoms with E-state index in [2.05, 4.69) is 37.1 Å². The lowest BCUT2D eigenvalue weighted by molar-refractivity contribution is 0.204. The van der Waals surface area contributed by atoms with Crippen LogP contribution in [0.15, 0.2) is 22.8 Å². The standard InChI is InChI=1S/C17H30N2O/c1-14(2)8-9-15(3)18-13-16(17-7-6-12-20-17)19-10-4-5-11-19/h6-7,12,14-16,18H,4-5,8-11,13H2,1-3H3. The van der Waals surface area contributed by atoms with Crippen LogP contribution in [0.1, 0.15) is 58.3 Å². The van der Waals surface area contributed by atoms with Gasteiger partial charge >= 0.3 is 0 Å². The zero-order chi connectivity index (χ0) is 14.4. The van der Waals surface area contributed by atoms with Gasteiger partial charge in [-0.3, -0.25) is 4.90 Å². The van der Waals surface area contributed by atoms with Gasteiger partial charge in [0.15, 0.2) is 0 Å². The summed E-state index contributed by atoms with van der Waals surface area (Å²) in [5.74, 6) is 1.90. The lowest BCUT2D eigenvalue weighted by Gasteiger charge is -2.27. The number of likely N-dealkylation sites (tertiary alicyclic amines) is 1. The van der Waals surface area contributed by atoms with E-state index in [9.17, 15) is 0 Å². The van der Waals surface area contributed by atoms with Crippen LogP contribution in [0.25, 0.3) is 0 Å². The molecule has 1 aliphatic rings. The Morgan fingerprint density at radius 3 is 2.55 bits per heavy atom. The van der Waals surface area contributed by atoms with Gasteiger partial charge < -0.3 is 9.73 Å². The van der Waals surface area contributed by atoms with E-state index < -0.39 is 0 Å². The summed E-state index contributed by atoms with van der Waals surface area (Å²) in [6, 6.07) is 5.09. The number of rotatable bonds is 8. The summed E-state index contributed by atoms with van der Waals surface area (Å²) in [5, 5.41) is 3.70. The second kappa shape index (κ2) is 7.84. The molecule has 3 nitrogen and oxygen atoms in total. The minimum Gasteiger partial charge on any atom is -0.468 e. The minimum atomic E-state index is 0.397. The second-order valence-electron chi connectivity index (χ2n) is 6.55. The highest BCUT2D eigenvalue weighted by Crippen LogP contribution is 2.25. The van der Waals surface area contributed by atoms with Crippen LogP contribution in [0, 0.1) is 5.92 Å². The zero-order valence-corrected chi connectivity index (χ0v) is 13.3. The fourth-order valence-electron chi connectivity index (χ4n) is 2.94. The van der Waals surface area contributed by atoms with Gasteiger partial charge in [-0.05, 0) is 63.7 Å². The van der Waals surface area contributed by atoms with Gasteiger partial charge in [0.2, 0.25) is 0 Å². The van der Waals surface area contributed by atoms with Gasteiger partial charge in [-0.1, -0.05) is 13.8 Å². The van der Waals surface area contributed by atoms with Crippen molar-refractivity contribution in [2.24, 2.45) is 5.92 Å². The van der Waals surface area contributed by atoms with Crippen LogP contribution < -0.4 is 5.32 Å². The van der Waals surface area contributed by atoms with Gasteiger partial charge in [-0.25, -0.2) is 0 Å². The smallest absolute Gasteiger partial charge is 0.122 e. The van der Waals surface area contributed by atoms with Gasteiger partial charge in [0.05, 0.1) is 12.3 Å². The topological polar surface area (TPSA) is 28.4 Å². The summed E-state index contributed by atoms with van der Waals surface area (Å²) < 4.78 is 5.66. The number of hydrogen-bond donors (Lipinski definition) is 1. The average Bonchev–Trinajstić information content (AvgIpc) is 3.09. The van der Waals surface area contributed by atoms with Crippen molar-refractivity contribution in [3.8, 4) is 0 Å². The molecule has 2 unspecified atom stereocenters. The Morgan fingerprint density at radius 2 is 1.95 bits per heavy atom. The van der Waals surface area contributed by atoms with E-state index in [4.69, 9.17) is 4.42 Å². The van der Waals surface area contributed by atoms with Crippen molar-refractivity contribution < 1.29 is 4.42 Å². The monoisotopic (exact) mass is 278 g/mol. The first kappa shape index (κ1) is 15.6. The molecule has 0 saturated carbocycles. The number of furan rings is 1. The molecule has 1 aromatic heterocycles. The SMILES string of the molecule is CC(C)CCC(C)NCC(c1ccco1)N1CCCC1. The third-order valence-corrected chi connectivity index (χ3v) is 4.29. The molecule has 3 heteroatoms. The normalized spacial score (nSPS) is 19.6. The summed E-state index contributed by atoms with van der Waals surface area (Å²) >= 11 is 0. The molecule has 0 aliphatic carbocycles. The highest BCUT2D eigenvalue weighted by Gasteiger charge is 2.25. The highest BCUT2D eigenvalue weighted by atomic mass is 16.3. The van der Waals surface area contributed by atoms with Crippen molar-refractivity contribution in [3.05, 3.63) is 24.2 Å². The lowest BCUT2D eigenvalue weighted by Crippen LogP contribution is -2.37. The summed E-state index contributed by atoms with van der Waals surface area (Å²) in [6.45, 7) is 10.3. The van der Waals surface area contributed by atoms with Gasteiger partial charge in [0.1, 0.15) is 5.76 Å². The summed E-state index contributed by atoms with van der Waals surface area (Å²) in [7, 11) is 0. The molecule has 0 radical (unpaired) electrons. The largest absolute Gasteiger partial charge is 0.468 e. The molecule has 1 aliphatic heterocycles. The molecule has 1 aromatic rings. The van der Waals surface area contributed by atoms with Gasteiger partial charge in [0.25, 0.3) is 0 Å². The Bertz CT molecular complexity index is 355. The fraction of sp³-hybridized carbons (Fsp3) is 0.765. The predicted octanol–water partition coefficient (Wildman–Crippen LogP) is 3.83. The van der Waals surface area contributed by atoms with Crippen LogP contribution in [-0.2, 0) is 0 Å². The molecule has 2 heterocycles. The molecule has 1 saturated heterocycles. The Hall–Kier alpha value is -0.800. The van der Waals surface area contributed by atoms with Crippen molar-refractivity contribution in [1.82, 2.24) is 10.2 Å². The maximum Gasteiger partial charge on any atom is 0.122 e. The first-order valence-electron chi connectivity index (χ1n) is 8.17. The third-order valence-electron chi connectivity index (χ3n) is 4.29. The predicted molar refractivity (Wildman–Crippen MR) is 83.8 cm³/mol. The minimum absolute atomic E-state index is 0.397. The van der Waals surface area contributed by atoms with Gasteiger partial charge in [-0.15, -0.1) is 0 Å². The quantitative estimate of drug-likeness (QED) is 0.783. The molecule has 0 amide bonds. The first-order chi connectivity index (χ1) is 9.66. The highest BCUT2D eigenvalue weighted by molar-refractivity contribution is 5.06. The summed E-state index contributed by atoms with van der Waals surface area (Å²) in [4.78, 5) is 2.56. The average molecular weight is 278 g/mol. The number of nitrogens with one attached hydrogen (secondary N) is 1. The van der Waals surface area contributed by atoms with E-state index in [0.29, 0.717) is 12.1 Å². The molecule has 0 spiro atoms. The van der Waals surface area contributed by atoms with Crippen LogP contribution in [0.4, 0.5) is 0 Å². The number of nitrogens with zero attached hydrogens (tertiary/aromatic N) is 1. The maximum absolute atomic E-state index is 5.66. The molecule has 1 N–H and O–H groups in total. The summed E-state index contributed by atoms with van der Waals surface area (Å²) in [6.07, 6.45) is 6.98. The van der Waals surface area contributed by atoms with E-state index in [1.165, 1.54) is 38.8 Å². The zero-order valence-electron chi connectivity index (χ0n) is 13.3. The molecule has 1 fully saturated rings. The summed E-state index contributed by atoms with van der Waals surface area (Å²) in [5.41, 5.74) is 0. The molecule has 20 heavy (non-hydrogen) atoms. The van der Waals surface area contributed by atoms with Crippen molar-refractivity contribution in [2.45, 2.75) is 58.5 Å². The molecule has 114 valence electrons. The molecule has 2 rings (SSSR count). The van der Waals surface area contributed by atoms with Crippen LogP contribution in [-0.4, -0.2) is 30.6 Å². The van der Waals surface area contributed by atoms with Gasteiger partial charge in [0, 0.05) is 12.6 Å². The van der Waals surface area contributed by atoms with Crippen molar-refractivity contribution >= 4 is 0 Å². The van der Waals surface area contributed by atoms with E-state index in [0.717, 1.165) is 18.2 Å². The van der Waals surface area contributed by atoms with Crippen molar-refractivity contribution in [2.75, 3.05) is 19.6 Å². The van der Waals surface area contributed by atoms with Gasteiger partial charge in [-0.2, -0.15) is 0 Å². The third kappa shape index (κ3) is 4.64. The number of hydrogen-bond acceptors (Lipinski definition) is 3. The second-order valence-corrected chi connectivity index (χ2v) is 6.55. The van der Waals surface area contributed by atoms with E-state index in [-0.39, 0.29) is 0 Å². The Labute approximate surface area is 123 Å². The fourth-order valence-corrected chi connectivity index (χ4v) is 2.94. The lowest BCUT2D eigenvalue weighted by atomic mass is 10.0. The van der Waals surface area contributed by atoms with Crippen LogP contribution >= 0.6 is 0 Å². The first-order valence-corrected chi connectivity index (χ1v) is 8.17. The Kier molecular flexibility index (Phi) is 6.11. The van der Waals surface area contributed by atoms with E-state index >= 15 is 0 Å². The molecule has 2 atom stereocenters. The molecule has 0 bridgehead atoms. The maximum atomic E-state index is 5.66. The van der Waals surface area contributed by atoms with Crippen molar-refractivity contribution in [3.63, 3.8) is 0 Å². The van der Waals surface area contributed by atoms with Crippen LogP contribution in [0.5, 0.6) is 0 Å². The van der Waals surface area contributed by atoms with E-state index in [1.807, 2.05) is 6.07 Å². The van der Waals surface area contributed by atoms with Crippen molar-refractivity contribution in [1.29, 1.82) is 0 Å². The Morgan fingerprint density at radius 1 is 1.20 bits per heavy atom. The van der Waals surface area contributed by atoms with Crippen LogP contribution in [0.2, 0.25) is 0 Å². The van der Waals surface area contributed by atoms with E-state index in [1.54, 1.807) is 6.26 Å². The van der Waals surface area contributed by atoms with Crippen LogP contribution in [0.3, 0.4) is 0 Å². The molecule has 0 aromatic carbocycles. The Balaban J connectivity index is 1.85. The molecular weight excluding hydrogens is 248 g/mol.